The number of hydrogen-bond donors (Lipinski definition) is 3. The van der Waals surface area contributed by atoms with Gasteiger partial charge in [0.2, 0.25) is 5.79 Å². The minimum atomic E-state index is -1.39. The highest BCUT2D eigenvalue weighted by Gasteiger charge is 2.65. The molecule has 6 unspecified atom stereocenters. The largest absolute Gasteiger partial charge is 0.508 e. The maximum Gasteiger partial charge on any atom is 0.254 e. The SMILES string of the molecule is C=CCOC12Oc3ccc(O)cc3C3C(CCCCO)C(CCCCO)C=C(C(=NOCc4ccccc4)CC1N(C)C(=O)c1ccc(C#N)cc1)C32. The number of aliphatic hydroxyl groups excluding tert-OH is 2. The lowest BCUT2D eigenvalue weighted by atomic mass is 9.55. The number of likely N-dealkylation sites (N-methyl/N-ethyl adjacent to an activating group) is 1. The summed E-state index contributed by atoms with van der Waals surface area (Å²) in [7, 11) is 1.74. The summed E-state index contributed by atoms with van der Waals surface area (Å²) in [5, 5.41) is 44.6. The van der Waals surface area contributed by atoms with Crippen LogP contribution in [0, 0.1) is 29.1 Å². The van der Waals surface area contributed by atoms with Crippen molar-refractivity contribution in [1.82, 2.24) is 4.90 Å². The van der Waals surface area contributed by atoms with Gasteiger partial charge in [0.15, 0.2) is 0 Å². The van der Waals surface area contributed by atoms with Crippen LogP contribution < -0.4 is 4.74 Å². The predicted molar refractivity (Wildman–Crippen MR) is 201 cm³/mol. The number of carbonyl (C=O) groups excluding carboxylic acids is 1. The standard InChI is InChI=1S/C43H49N3O7/c1-3-23-51-43-39(46(2)42(50)31-17-15-29(27-44)16-18-31)26-37(45-52-28-30-11-5-4-6-12-30)35-24-32(13-7-9-21-47)34(14-8-10-22-48)40(41(35)43)36-25-33(49)19-20-38(36)53-43/h3-6,11-12,15-20,24-25,32,34,39-41,47-49H,1,7-10,13-14,21-23,26,28H2,2H3. The number of hydrogen-bond acceptors (Lipinski definition) is 9. The normalized spacial score (nSPS) is 24.9. The van der Waals surface area contributed by atoms with Crippen molar-refractivity contribution >= 4 is 11.6 Å². The molecule has 0 bridgehead atoms. The van der Waals surface area contributed by atoms with Crippen LogP contribution in [0.4, 0.5) is 0 Å². The van der Waals surface area contributed by atoms with Gasteiger partial charge in [-0.05, 0) is 91.1 Å². The number of aromatic hydroxyl groups is 1. The third-order valence-electron chi connectivity index (χ3n) is 11.0. The van der Waals surface area contributed by atoms with E-state index in [1.165, 1.54) is 0 Å². The van der Waals surface area contributed by atoms with Crippen LogP contribution in [-0.2, 0) is 16.2 Å². The summed E-state index contributed by atoms with van der Waals surface area (Å²) in [5.41, 5.74) is 4.29. The second-order valence-corrected chi connectivity index (χ2v) is 14.2. The van der Waals surface area contributed by atoms with E-state index < -0.39 is 17.7 Å². The molecule has 10 nitrogen and oxygen atoms in total. The molecule has 1 saturated carbocycles. The van der Waals surface area contributed by atoms with E-state index in [1.54, 1.807) is 60.5 Å². The average Bonchev–Trinajstić information content (AvgIpc) is 3.18. The Morgan fingerprint density at radius 1 is 1.06 bits per heavy atom. The number of phenolic OH excluding ortho intramolecular Hbond substituents is 1. The Labute approximate surface area is 311 Å². The summed E-state index contributed by atoms with van der Waals surface area (Å²) in [6, 6.07) is 22.9. The Morgan fingerprint density at radius 2 is 1.79 bits per heavy atom. The summed E-state index contributed by atoms with van der Waals surface area (Å²) in [6.45, 7) is 4.55. The zero-order valence-corrected chi connectivity index (χ0v) is 30.3. The lowest BCUT2D eigenvalue weighted by Gasteiger charge is -2.59. The summed E-state index contributed by atoms with van der Waals surface area (Å²) in [5.74, 6) is -1.55. The van der Waals surface area contributed by atoms with E-state index in [2.05, 4.69) is 18.7 Å². The summed E-state index contributed by atoms with van der Waals surface area (Å²) in [6.07, 6.45) is 8.78. The lowest BCUT2D eigenvalue weighted by Crippen LogP contribution is -2.69. The molecule has 0 aromatic heterocycles. The highest BCUT2D eigenvalue weighted by molar-refractivity contribution is 6.03. The number of nitriles is 1. The maximum atomic E-state index is 14.4. The Balaban J connectivity index is 1.54. The number of rotatable bonds is 16. The number of allylic oxidation sites excluding steroid dienone is 1. The molecule has 53 heavy (non-hydrogen) atoms. The van der Waals surface area contributed by atoms with Crippen molar-refractivity contribution < 1.29 is 34.4 Å². The van der Waals surface area contributed by atoms with Gasteiger partial charge in [-0.1, -0.05) is 60.5 Å². The van der Waals surface area contributed by atoms with Crippen LogP contribution in [0.3, 0.4) is 0 Å². The molecule has 3 aromatic carbocycles. The van der Waals surface area contributed by atoms with Crippen LogP contribution in [0.1, 0.15) is 77.9 Å². The van der Waals surface area contributed by atoms with Gasteiger partial charge in [0.25, 0.3) is 5.91 Å². The fraction of sp³-hybridized carbons (Fsp3) is 0.419. The number of carbonyl (C=O) groups is 1. The molecule has 1 aliphatic heterocycles. The first-order valence-electron chi connectivity index (χ1n) is 18.6. The van der Waals surface area contributed by atoms with Gasteiger partial charge in [0.05, 0.1) is 29.9 Å². The number of unbranched alkanes of at least 4 members (excludes halogenated alkanes) is 2. The number of oxime groups is 1. The van der Waals surface area contributed by atoms with Crippen molar-refractivity contribution in [2.75, 3.05) is 26.9 Å². The van der Waals surface area contributed by atoms with Gasteiger partial charge in [-0.25, -0.2) is 0 Å². The van der Waals surface area contributed by atoms with Crippen molar-refractivity contribution in [2.45, 2.75) is 69.3 Å². The number of aliphatic hydroxyl groups is 2. The monoisotopic (exact) mass is 719 g/mol. The van der Waals surface area contributed by atoms with Crippen LogP contribution in [0.25, 0.3) is 0 Å². The molecular formula is C43H49N3O7. The molecule has 0 spiro atoms. The van der Waals surface area contributed by atoms with Gasteiger partial charge in [-0.15, -0.1) is 6.58 Å². The zero-order chi connectivity index (χ0) is 37.4. The second-order valence-electron chi connectivity index (χ2n) is 14.2. The van der Waals surface area contributed by atoms with Crippen LogP contribution in [-0.4, -0.2) is 70.5 Å². The molecule has 1 heterocycles. The molecule has 1 amide bonds. The molecule has 3 aliphatic rings. The van der Waals surface area contributed by atoms with E-state index in [9.17, 15) is 25.4 Å². The van der Waals surface area contributed by atoms with E-state index in [-0.39, 0.29) is 62.3 Å². The van der Waals surface area contributed by atoms with Crippen LogP contribution in [0.2, 0.25) is 0 Å². The van der Waals surface area contributed by atoms with Crippen LogP contribution in [0.5, 0.6) is 11.5 Å². The first-order valence-corrected chi connectivity index (χ1v) is 18.6. The van der Waals surface area contributed by atoms with E-state index in [0.717, 1.165) is 42.4 Å². The van der Waals surface area contributed by atoms with E-state index >= 15 is 0 Å². The minimum Gasteiger partial charge on any atom is -0.508 e. The van der Waals surface area contributed by atoms with E-state index in [0.29, 0.717) is 35.4 Å². The highest BCUT2D eigenvalue weighted by Crippen LogP contribution is 2.61. The molecule has 3 N–H and O–H groups in total. The fourth-order valence-corrected chi connectivity index (χ4v) is 8.53. The maximum absolute atomic E-state index is 14.4. The molecule has 10 heteroatoms. The topological polar surface area (TPSA) is 145 Å². The quantitative estimate of drug-likeness (QED) is 0.0827. The highest BCUT2D eigenvalue weighted by atomic mass is 16.7. The minimum absolute atomic E-state index is 0.0509. The number of benzene rings is 3. The Morgan fingerprint density at radius 3 is 2.49 bits per heavy atom. The average molecular weight is 720 g/mol. The summed E-state index contributed by atoms with van der Waals surface area (Å²) >= 11 is 0. The van der Waals surface area contributed by atoms with Gasteiger partial charge < -0.3 is 34.5 Å². The van der Waals surface area contributed by atoms with Gasteiger partial charge >= 0.3 is 0 Å². The molecule has 3 aromatic rings. The zero-order valence-electron chi connectivity index (χ0n) is 30.3. The Bertz CT molecular complexity index is 1840. The fourth-order valence-electron chi connectivity index (χ4n) is 8.53. The first kappa shape index (κ1) is 37.8. The van der Waals surface area contributed by atoms with Crippen molar-refractivity contribution in [2.24, 2.45) is 22.9 Å². The summed E-state index contributed by atoms with van der Waals surface area (Å²) in [4.78, 5) is 22.1. The van der Waals surface area contributed by atoms with E-state index in [1.807, 2.05) is 30.3 Å². The van der Waals surface area contributed by atoms with Gasteiger partial charge in [-0.3, -0.25) is 4.79 Å². The third-order valence-corrected chi connectivity index (χ3v) is 11.0. The van der Waals surface area contributed by atoms with Gasteiger partial charge in [0.1, 0.15) is 24.1 Å². The van der Waals surface area contributed by atoms with Crippen LogP contribution >= 0.6 is 0 Å². The first-order chi connectivity index (χ1) is 25.8. The van der Waals surface area contributed by atoms with Gasteiger partial charge in [-0.2, -0.15) is 5.26 Å². The van der Waals surface area contributed by atoms with Crippen LogP contribution in [0.15, 0.2) is 102 Å². The van der Waals surface area contributed by atoms with Crippen molar-refractivity contribution in [3.05, 3.63) is 119 Å². The number of nitrogens with zero attached hydrogens (tertiary/aromatic N) is 3. The number of amides is 1. The number of fused-ring (bicyclic) bond motifs is 2. The molecule has 278 valence electrons. The summed E-state index contributed by atoms with van der Waals surface area (Å²) < 4.78 is 14.0. The van der Waals surface area contributed by atoms with Crippen molar-refractivity contribution in [3.63, 3.8) is 0 Å². The van der Waals surface area contributed by atoms with E-state index in [4.69, 9.17) is 19.5 Å². The predicted octanol–water partition coefficient (Wildman–Crippen LogP) is 6.87. The third kappa shape index (κ3) is 7.88. The lowest BCUT2D eigenvalue weighted by molar-refractivity contribution is -0.252. The number of phenols is 1. The molecule has 6 rings (SSSR count). The Hall–Kier alpha value is -4.95. The Kier molecular flexibility index (Phi) is 12.3. The molecule has 0 radical (unpaired) electrons. The molecule has 2 aliphatic carbocycles. The van der Waals surface area contributed by atoms with Crippen molar-refractivity contribution in [3.8, 4) is 17.6 Å². The van der Waals surface area contributed by atoms with Crippen molar-refractivity contribution in [1.29, 1.82) is 5.26 Å². The number of ether oxygens (including phenoxy) is 2. The molecular weight excluding hydrogens is 670 g/mol. The molecule has 6 atom stereocenters. The van der Waals surface area contributed by atoms with Gasteiger partial charge in [0, 0.05) is 43.7 Å². The second kappa shape index (κ2) is 17.3. The molecule has 1 fully saturated rings. The smallest absolute Gasteiger partial charge is 0.254 e. The molecule has 0 saturated heterocycles.